The van der Waals surface area contributed by atoms with Gasteiger partial charge in [-0.15, -0.1) is 0 Å². The number of benzene rings is 2. The molecule has 2 aliphatic heterocycles. The lowest BCUT2D eigenvalue weighted by molar-refractivity contribution is 0.100. The van der Waals surface area contributed by atoms with E-state index < -0.39 is 0 Å². The average molecular weight is 705 g/mol. The molecule has 2 aliphatic carbocycles. The van der Waals surface area contributed by atoms with Crippen molar-refractivity contribution in [1.82, 2.24) is 29.5 Å². The Labute approximate surface area is 306 Å². The molecule has 4 aromatic rings. The van der Waals surface area contributed by atoms with Gasteiger partial charge in [0.05, 0.1) is 18.0 Å². The van der Waals surface area contributed by atoms with Crippen molar-refractivity contribution in [1.29, 1.82) is 0 Å². The molecule has 2 saturated carbocycles. The van der Waals surface area contributed by atoms with E-state index in [0.717, 1.165) is 96.4 Å². The van der Waals surface area contributed by atoms with Crippen molar-refractivity contribution >= 4 is 23.2 Å². The van der Waals surface area contributed by atoms with Gasteiger partial charge in [0.15, 0.2) is 11.5 Å². The zero-order valence-corrected chi connectivity index (χ0v) is 30.8. The van der Waals surface area contributed by atoms with E-state index in [1.54, 1.807) is 0 Å². The predicted molar refractivity (Wildman–Crippen MR) is 202 cm³/mol. The molecule has 274 valence electrons. The number of hydrogen-bond acceptors (Lipinski definition) is 7. The number of aromatic nitrogens is 4. The minimum Gasteiger partial charge on any atom is -0.395 e. The first kappa shape index (κ1) is 34.7. The zero-order valence-electron chi connectivity index (χ0n) is 30.8. The maximum atomic E-state index is 13.8. The normalized spacial score (nSPS) is 22.3. The molecule has 1 unspecified atom stereocenters. The van der Waals surface area contributed by atoms with Crippen molar-refractivity contribution in [3.63, 3.8) is 0 Å². The average Bonchev–Trinajstić information content (AvgIpc) is 3.95. The Morgan fingerprint density at radius 3 is 2.35 bits per heavy atom. The number of imidazole rings is 1. The smallest absolute Gasteiger partial charge is 0.291 e. The number of aliphatic hydroxyl groups excluding tert-OH is 1. The van der Waals surface area contributed by atoms with Crippen LogP contribution < -0.4 is 16.0 Å². The van der Waals surface area contributed by atoms with Crippen LogP contribution in [-0.4, -0.2) is 67.4 Å². The number of nitrogens with one attached hydrogen (secondary N) is 3. The van der Waals surface area contributed by atoms with E-state index in [-0.39, 0.29) is 24.5 Å². The topological polar surface area (TPSA) is 129 Å². The number of carbonyl (C=O) groups excluding carboxylic acids is 2. The Balaban J connectivity index is 0.951. The fraction of sp³-hybridized carbons (Fsp3) is 0.512. The first-order valence-electron chi connectivity index (χ1n) is 19.2. The summed E-state index contributed by atoms with van der Waals surface area (Å²) in [5.74, 6) is 0.954. The van der Waals surface area contributed by atoms with Crippen LogP contribution in [0.1, 0.15) is 107 Å². The summed E-state index contributed by atoms with van der Waals surface area (Å²) in [5.41, 5.74) is 9.38. The van der Waals surface area contributed by atoms with Gasteiger partial charge in [-0.3, -0.25) is 19.2 Å². The summed E-state index contributed by atoms with van der Waals surface area (Å²) in [7, 11) is 1.96. The number of aryl methyl sites for hydroxylation is 1. The third-order valence-electron chi connectivity index (χ3n) is 12.6. The first-order valence-corrected chi connectivity index (χ1v) is 19.2. The zero-order chi connectivity index (χ0) is 36.0. The molecule has 2 aromatic carbocycles. The Morgan fingerprint density at radius 2 is 1.67 bits per heavy atom. The summed E-state index contributed by atoms with van der Waals surface area (Å²) in [6.45, 7) is 8.29. The van der Waals surface area contributed by atoms with Crippen LogP contribution >= 0.6 is 0 Å². The number of aliphatic hydroxyl groups is 1. The molecule has 4 N–H and O–H groups in total. The number of nitrogens with zero attached hydrogens (tertiary/aromatic N) is 5. The highest BCUT2D eigenvalue weighted by Gasteiger charge is 2.44. The van der Waals surface area contributed by atoms with E-state index in [2.05, 4.69) is 25.9 Å². The largest absolute Gasteiger partial charge is 0.395 e. The van der Waals surface area contributed by atoms with Gasteiger partial charge >= 0.3 is 0 Å². The summed E-state index contributed by atoms with van der Waals surface area (Å²) in [4.78, 5) is 34.7. The molecule has 2 fully saturated rings. The Kier molecular flexibility index (Phi) is 9.52. The van der Waals surface area contributed by atoms with E-state index in [9.17, 15) is 14.7 Å². The molecule has 2 bridgehead atoms. The Bertz CT molecular complexity index is 1990. The Hall–Kier alpha value is -4.32. The molecule has 2 amide bonds. The minimum absolute atomic E-state index is 0.0632. The van der Waals surface area contributed by atoms with Crippen molar-refractivity contribution in [2.75, 3.05) is 36.9 Å². The van der Waals surface area contributed by atoms with Gasteiger partial charge in [0.25, 0.3) is 11.8 Å². The van der Waals surface area contributed by atoms with Crippen LogP contribution in [0.15, 0.2) is 42.5 Å². The summed E-state index contributed by atoms with van der Waals surface area (Å²) in [5, 5.41) is 23.5. The van der Waals surface area contributed by atoms with Gasteiger partial charge in [-0.2, -0.15) is 5.10 Å². The van der Waals surface area contributed by atoms with Gasteiger partial charge in [0, 0.05) is 62.8 Å². The number of carbonyl (C=O) groups is 2. The third kappa shape index (κ3) is 6.58. The molecule has 0 radical (unpaired) electrons. The second-order valence-electron chi connectivity index (χ2n) is 15.7. The van der Waals surface area contributed by atoms with Crippen molar-refractivity contribution in [3.05, 3.63) is 82.2 Å². The number of rotatable bonds is 11. The highest BCUT2D eigenvalue weighted by atomic mass is 16.3. The molecule has 4 aliphatic rings. The van der Waals surface area contributed by atoms with Crippen LogP contribution in [0.4, 0.5) is 11.4 Å². The van der Waals surface area contributed by atoms with Gasteiger partial charge in [-0.05, 0) is 124 Å². The van der Waals surface area contributed by atoms with Gasteiger partial charge in [-0.1, -0.05) is 24.3 Å². The minimum atomic E-state index is -0.262. The monoisotopic (exact) mass is 704 g/mol. The molecule has 8 rings (SSSR count). The molecule has 52 heavy (non-hydrogen) atoms. The summed E-state index contributed by atoms with van der Waals surface area (Å²) in [6.07, 6.45) is 11.2. The number of hydrogen-bond donors (Lipinski definition) is 4. The van der Waals surface area contributed by atoms with E-state index in [4.69, 9.17) is 4.98 Å². The standard InChI is InChI=1S/C41H52N8O3/c1-26-29(7-4-9-31(26)44-39(51)34-23-37-33(42-18-22-50)11-6-19-49(37)46-34)30-8-5-10-32(27(30)2)45-40(52)38-43-35-25-48(20-14-36(35)47(38)3)21-17-41-15-12-28(24-41)13-16-41/h4-5,7-10,23,28,33,42,50H,6,11-22,24-25H2,1-3H3,(H,44,51)(H,45,52). The lowest BCUT2D eigenvalue weighted by Gasteiger charge is -2.32. The van der Waals surface area contributed by atoms with Gasteiger partial charge < -0.3 is 25.6 Å². The maximum Gasteiger partial charge on any atom is 0.291 e. The number of amides is 2. The van der Waals surface area contributed by atoms with Crippen LogP contribution in [0.2, 0.25) is 0 Å². The van der Waals surface area contributed by atoms with Crippen molar-refractivity contribution in [3.8, 4) is 11.1 Å². The quantitative estimate of drug-likeness (QED) is 0.147. The molecule has 11 heteroatoms. The molecule has 4 heterocycles. The van der Waals surface area contributed by atoms with E-state index in [1.807, 2.05) is 72.6 Å². The van der Waals surface area contributed by atoms with Crippen molar-refractivity contribution in [2.45, 2.75) is 90.8 Å². The second-order valence-corrected chi connectivity index (χ2v) is 15.7. The van der Waals surface area contributed by atoms with E-state index in [0.29, 0.717) is 29.2 Å². The number of anilines is 2. The Morgan fingerprint density at radius 1 is 0.962 bits per heavy atom. The molecule has 0 saturated heterocycles. The molecular weight excluding hydrogens is 653 g/mol. The fourth-order valence-corrected chi connectivity index (χ4v) is 9.56. The molecule has 2 aromatic heterocycles. The maximum absolute atomic E-state index is 13.8. The fourth-order valence-electron chi connectivity index (χ4n) is 9.56. The molecule has 11 nitrogen and oxygen atoms in total. The summed E-state index contributed by atoms with van der Waals surface area (Å²) in [6, 6.07) is 13.7. The molecular formula is C41H52N8O3. The predicted octanol–water partition coefficient (Wildman–Crippen LogP) is 6.15. The molecule has 0 spiro atoms. The van der Waals surface area contributed by atoms with Crippen LogP contribution in [0.5, 0.6) is 0 Å². The van der Waals surface area contributed by atoms with Crippen LogP contribution in [-0.2, 0) is 26.6 Å². The van der Waals surface area contributed by atoms with Crippen molar-refractivity contribution in [2.24, 2.45) is 18.4 Å². The van der Waals surface area contributed by atoms with Crippen LogP contribution in [0, 0.1) is 25.2 Å². The summed E-state index contributed by atoms with van der Waals surface area (Å²) < 4.78 is 3.88. The van der Waals surface area contributed by atoms with Gasteiger partial charge in [0.1, 0.15) is 0 Å². The molecule has 1 atom stereocenters. The SMILES string of the molecule is Cc1c(NC(=O)c2cc3n(n2)CCCC3NCCO)cccc1-c1cccc(NC(=O)c2nc3c(n2C)CCN(CCC24CCC(CC2)C4)C3)c1C. The van der Waals surface area contributed by atoms with Crippen LogP contribution in [0.25, 0.3) is 11.1 Å². The third-order valence-corrected chi connectivity index (χ3v) is 12.6. The van der Waals surface area contributed by atoms with Gasteiger partial charge in [0.2, 0.25) is 0 Å². The first-order chi connectivity index (χ1) is 25.2. The van der Waals surface area contributed by atoms with E-state index in [1.165, 1.54) is 38.5 Å². The van der Waals surface area contributed by atoms with Crippen molar-refractivity contribution < 1.29 is 14.7 Å². The lowest BCUT2D eigenvalue weighted by Crippen LogP contribution is -2.34. The van der Waals surface area contributed by atoms with E-state index >= 15 is 0 Å². The highest BCUT2D eigenvalue weighted by molar-refractivity contribution is 6.04. The summed E-state index contributed by atoms with van der Waals surface area (Å²) >= 11 is 0. The second kappa shape index (κ2) is 14.2. The highest BCUT2D eigenvalue weighted by Crippen LogP contribution is 2.56. The lowest BCUT2D eigenvalue weighted by atomic mass is 9.81. The van der Waals surface area contributed by atoms with Gasteiger partial charge in [-0.25, -0.2) is 4.98 Å². The van der Waals surface area contributed by atoms with Crippen LogP contribution in [0.3, 0.4) is 0 Å². The number of fused-ring (bicyclic) bond motifs is 4.